The number of nitrogens with zero attached hydrogens (tertiary/aromatic N) is 3. The largest absolute Gasteiger partial charge is 0.345 e. The van der Waals surface area contributed by atoms with Crippen molar-refractivity contribution in [3.05, 3.63) is 74.5 Å². The molecule has 37 heavy (non-hydrogen) atoms. The van der Waals surface area contributed by atoms with Crippen LogP contribution in [0, 0.1) is 19.3 Å². The molecule has 0 saturated heterocycles. The summed E-state index contributed by atoms with van der Waals surface area (Å²) in [5.74, 6) is 0.0474. The van der Waals surface area contributed by atoms with Crippen LogP contribution in [-0.4, -0.2) is 54.4 Å². The van der Waals surface area contributed by atoms with E-state index >= 15 is 0 Å². The fourth-order valence-electron chi connectivity index (χ4n) is 3.88. The Bertz CT molecular complexity index is 1070. The highest BCUT2D eigenvalue weighted by Crippen LogP contribution is 2.27. The highest BCUT2D eigenvalue weighted by atomic mass is 79.9. The summed E-state index contributed by atoms with van der Waals surface area (Å²) in [6.07, 6.45) is 7.41. The highest BCUT2D eigenvalue weighted by Gasteiger charge is 2.16. The van der Waals surface area contributed by atoms with Crippen molar-refractivity contribution in [2.75, 3.05) is 33.7 Å². The van der Waals surface area contributed by atoms with E-state index in [-0.39, 0.29) is 5.91 Å². The van der Waals surface area contributed by atoms with E-state index in [1.807, 2.05) is 45.2 Å². The van der Waals surface area contributed by atoms with Gasteiger partial charge in [-0.3, -0.25) is 14.7 Å². The molecule has 1 aliphatic heterocycles. The molecule has 1 aliphatic rings. The third-order valence-corrected chi connectivity index (χ3v) is 6.21. The first-order valence-electron chi connectivity index (χ1n) is 13.3. The summed E-state index contributed by atoms with van der Waals surface area (Å²) in [6, 6.07) is 8.04. The maximum atomic E-state index is 12.2. The van der Waals surface area contributed by atoms with Crippen molar-refractivity contribution in [2.24, 2.45) is 5.41 Å². The number of amides is 1. The zero-order valence-electron chi connectivity index (χ0n) is 25.0. The summed E-state index contributed by atoms with van der Waals surface area (Å²) in [5, 5.41) is 0. The quantitative estimate of drug-likeness (QED) is 0.362. The number of aromatic nitrogens is 1. The molecule has 0 saturated carbocycles. The average molecular weight is 571 g/mol. The van der Waals surface area contributed by atoms with Gasteiger partial charge in [-0.15, -0.1) is 0 Å². The Morgan fingerprint density at radius 1 is 1.14 bits per heavy atom. The lowest BCUT2D eigenvalue weighted by Gasteiger charge is -2.27. The molecule has 0 fully saturated rings. The molecule has 204 valence electrons. The molecule has 0 radical (unpaired) electrons. The first-order valence-corrected chi connectivity index (χ1v) is 14.1. The molecule has 0 aliphatic carbocycles. The maximum Gasteiger partial charge on any atom is 0.253 e. The van der Waals surface area contributed by atoms with Gasteiger partial charge in [0.25, 0.3) is 5.91 Å². The van der Waals surface area contributed by atoms with Gasteiger partial charge in [0, 0.05) is 61.2 Å². The van der Waals surface area contributed by atoms with Gasteiger partial charge in [0.2, 0.25) is 0 Å². The third kappa shape index (κ3) is 11.4. The van der Waals surface area contributed by atoms with Gasteiger partial charge in [-0.2, -0.15) is 0 Å². The second-order valence-corrected chi connectivity index (χ2v) is 12.1. The number of halogens is 1. The minimum absolute atomic E-state index is 0.0474. The van der Waals surface area contributed by atoms with Crippen molar-refractivity contribution >= 4 is 33.5 Å². The van der Waals surface area contributed by atoms with E-state index in [1.165, 1.54) is 16.7 Å². The first-order chi connectivity index (χ1) is 17.3. The van der Waals surface area contributed by atoms with Gasteiger partial charge >= 0.3 is 0 Å². The number of hydrogen-bond acceptors (Lipinski definition) is 3. The molecule has 5 heteroatoms. The van der Waals surface area contributed by atoms with Crippen molar-refractivity contribution in [1.82, 2.24) is 14.8 Å². The number of aryl methyl sites for hydroxylation is 2. The van der Waals surface area contributed by atoms with Crippen LogP contribution < -0.4 is 0 Å². The Hall–Kier alpha value is -2.24. The van der Waals surface area contributed by atoms with Gasteiger partial charge < -0.3 is 4.90 Å². The predicted molar refractivity (Wildman–Crippen MR) is 165 cm³/mol. The molecule has 0 bridgehead atoms. The molecule has 0 spiro atoms. The third-order valence-electron chi connectivity index (χ3n) is 5.52. The Morgan fingerprint density at radius 2 is 1.76 bits per heavy atom. The topological polar surface area (TPSA) is 36.4 Å². The second-order valence-electron chi connectivity index (χ2n) is 11.2. The average Bonchev–Trinajstić information content (AvgIpc) is 2.82. The van der Waals surface area contributed by atoms with E-state index in [1.54, 1.807) is 19.0 Å². The number of carbonyl (C=O) groups excluding carboxylic acids is 1. The van der Waals surface area contributed by atoms with E-state index < -0.39 is 0 Å². The van der Waals surface area contributed by atoms with Crippen molar-refractivity contribution in [3.63, 3.8) is 0 Å². The minimum atomic E-state index is 0.0474. The smallest absolute Gasteiger partial charge is 0.253 e. The SMILES string of the molecule is C/C(=C\c1c(Br)ccnc1C)CN1CC=C(c2ccc(C(=O)N(C)C)cc2C)CC1.CC.CC(C)(C)C. The van der Waals surface area contributed by atoms with Crippen molar-refractivity contribution in [1.29, 1.82) is 0 Å². The molecule has 2 aromatic rings. The number of rotatable bonds is 5. The van der Waals surface area contributed by atoms with Gasteiger partial charge in [-0.25, -0.2) is 0 Å². The normalized spacial score (nSPS) is 14.1. The number of hydrogen-bond donors (Lipinski definition) is 0. The van der Waals surface area contributed by atoms with Crippen LogP contribution in [0.25, 0.3) is 11.6 Å². The molecule has 4 nitrogen and oxygen atoms in total. The Balaban J connectivity index is 0.000000874. The Labute approximate surface area is 235 Å². The molecule has 1 aromatic carbocycles. The molecule has 3 rings (SSSR count). The molecule has 1 amide bonds. The summed E-state index contributed by atoms with van der Waals surface area (Å²) in [4.78, 5) is 20.7. The van der Waals surface area contributed by atoms with Crippen molar-refractivity contribution < 1.29 is 4.79 Å². The van der Waals surface area contributed by atoms with E-state index in [2.05, 4.69) is 85.6 Å². The summed E-state index contributed by atoms with van der Waals surface area (Å²) in [5.41, 5.74) is 8.56. The molecular weight excluding hydrogens is 522 g/mol. The predicted octanol–water partition coefficient (Wildman–Crippen LogP) is 8.43. The van der Waals surface area contributed by atoms with Crippen molar-refractivity contribution in [2.45, 2.75) is 68.7 Å². The van der Waals surface area contributed by atoms with E-state index in [4.69, 9.17) is 0 Å². The first kappa shape index (κ1) is 32.8. The van der Waals surface area contributed by atoms with Gasteiger partial charge in [0.1, 0.15) is 0 Å². The van der Waals surface area contributed by atoms with Crippen LogP contribution >= 0.6 is 15.9 Å². The van der Waals surface area contributed by atoms with E-state index in [9.17, 15) is 4.79 Å². The zero-order valence-corrected chi connectivity index (χ0v) is 26.6. The summed E-state index contributed by atoms with van der Waals surface area (Å²) in [7, 11) is 3.57. The summed E-state index contributed by atoms with van der Waals surface area (Å²) >= 11 is 3.63. The van der Waals surface area contributed by atoms with E-state index in [0.29, 0.717) is 5.41 Å². The molecule has 0 unspecified atom stereocenters. The van der Waals surface area contributed by atoms with E-state index in [0.717, 1.165) is 52.9 Å². The van der Waals surface area contributed by atoms with Gasteiger partial charge in [-0.05, 0) is 67.5 Å². The molecule has 2 heterocycles. The Kier molecular flexibility index (Phi) is 13.5. The highest BCUT2D eigenvalue weighted by molar-refractivity contribution is 9.10. The zero-order chi connectivity index (χ0) is 28.3. The molecule has 0 N–H and O–H groups in total. The monoisotopic (exact) mass is 569 g/mol. The van der Waals surface area contributed by atoms with Crippen LogP contribution in [0.15, 0.2) is 46.6 Å². The van der Waals surface area contributed by atoms with Crippen LogP contribution in [-0.2, 0) is 0 Å². The molecular formula is C32H48BrN3O. The Morgan fingerprint density at radius 3 is 2.24 bits per heavy atom. The lowest BCUT2D eigenvalue weighted by Crippen LogP contribution is -2.30. The van der Waals surface area contributed by atoms with Crippen molar-refractivity contribution in [3.8, 4) is 0 Å². The number of benzene rings is 1. The van der Waals surface area contributed by atoms with Gasteiger partial charge in [0.05, 0.1) is 0 Å². The standard InChI is InChI=1S/C25H30BrN3O.C5H12.C2H6/c1-17(14-23-19(3)27-11-8-24(23)26)16-29-12-9-20(10-13-29)22-7-6-21(15-18(22)2)25(30)28(4)5;1-5(2,3)4;1-2/h6-9,11,14-15H,10,12-13,16H2,1-5H3;1-4H3;1-2H3/b17-14+;;. The van der Waals surface area contributed by atoms with Gasteiger partial charge in [-0.1, -0.05) is 81.3 Å². The number of pyridine rings is 1. The minimum Gasteiger partial charge on any atom is -0.345 e. The maximum absolute atomic E-state index is 12.2. The fourth-order valence-corrected chi connectivity index (χ4v) is 4.40. The second kappa shape index (κ2) is 15.2. The number of carbonyl (C=O) groups is 1. The lowest BCUT2D eigenvalue weighted by molar-refractivity contribution is 0.0827. The van der Waals surface area contributed by atoms with Crippen LogP contribution in [0.2, 0.25) is 0 Å². The van der Waals surface area contributed by atoms with Crippen LogP contribution in [0.4, 0.5) is 0 Å². The van der Waals surface area contributed by atoms with Gasteiger partial charge in [0.15, 0.2) is 0 Å². The molecule has 0 atom stereocenters. The van der Waals surface area contributed by atoms with Crippen LogP contribution in [0.5, 0.6) is 0 Å². The summed E-state index contributed by atoms with van der Waals surface area (Å²) < 4.78 is 1.09. The fraction of sp³-hybridized carbons (Fsp3) is 0.500. The lowest BCUT2D eigenvalue weighted by atomic mass is 9.94. The molecule has 1 aromatic heterocycles. The van der Waals surface area contributed by atoms with Crippen LogP contribution in [0.3, 0.4) is 0 Å². The summed E-state index contributed by atoms with van der Waals surface area (Å²) in [6.45, 7) is 22.0. The van der Waals surface area contributed by atoms with Crippen LogP contribution in [0.1, 0.15) is 87.6 Å².